The highest BCUT2D eigenvalue weighted by atomic mass is 35.5. The number of rotatable bonds is 6. The zero-order chi connectivity index (χ0) is 24.5. The molecule has 0 radical (unpaired) electrons. The van der Waals surface area contributed by atoms with Crippen molar-refractivity contribution >= 4 is 23.2 Å². The summed E-state index contributed by atoms with van der Waals surface area (Å²) in [5.41, 5.74) is 5.70. The third-order valence-corrected chi connectivity index (χ3v) is 7.48. The molecule has 5 rings (SSSR count). The van der Waals surface area contributed by atoms with Gasteiger partial charge in [0.2, 0.25) is 0 Å². The van der Waals surface area contributed by atoms with Crippen molar-refractivity contribution in [3.05, 3.63) is 81.2 Å². The molecule has 0 N–H and O–H groups in total. The van der Waals surface area contributed by atoms with Gasteiger partial charge in [0.05, 0.1) is 7.11 Å². The van der Waals surface area contributed by atoms with Crippen LogP contribution in [0.1, 0.15) is 62.5 Å². The van der Waals surface area contributed by atoms with Gasteiger partial charge in [0.1, 0.15) is 6.61 Å². The number of ether oxygens (including phenoxy) is 2. The Morgan fingerprint density at radius 2 is 1.51 bits per heavy atom. The van der Waals surface area contributed by atoms with Crippen LogP contribution in [0.4, 0.5) is 0 Å². The fraction of sp³-hybridized carbons (Fsp3) is 0.379. The highest BCUT2D eigenvalue weighted by Gasteiger charge is 2.43. The van der Waals surface area contributed by atoms with E-state index in [1.54, 1.807) is 7.11 Å². The van der Waals surface area contributed by atoms with E-state index in [1.807, 2.05) is 42.5 Å². The first kappa shape index (κ1) is 23.7. The third kappa shape index (κ3) is 4.38. The molecule has 2 aliphatic carbocycles. The molecular weight excluding hydrogens is 462 g/mol. The molecular formula is C29H30ClNO4. The van der Waals surface area contributed by atoms with Gasteiger partial charge in [-0.15, -0.1) is 0 Å². The number of ketones is 2. The maximum atomic E-state index is 13.3. The Kier molecular flexibility index (Phi) is 6.70. The number of halogens is 1. The van der Waals surface area contributed by atoms with Crippen LogP contribution in [0.25, 0.3) is 0 Å². The Bertz CT molecular complexity index is 1180. The van der Waals surface area contributed by atoms with Crippen LogP contribution in [0.2, 0.25) is 5.02 Å². The number of carbonyl (C=O) groups excluding carboxylic acids is 2. The zero-order valence-electron chi connectivity index (χ0n) is 20.2. The van der Waals surface area contributed by atoms with Gasteiger partial charge in [0.25, 0.3) is 0 Å². The molecule has 0 atom stereocenters. The molecule has 2 aromatic rings. The molecule has 0 saturated carbocycles. The predicted octanol–water partition coefficient (Wildman–Crippen LogP) is 6.36. The van der Waals surface area contributed by atoms with Crippen LogP contribution in [0.5, 0.6) is 11.5 Å². The van der Waals surface area contributed by atoms with Crippen molar-refractivity contribution in [3.8, 4) is 11.5 Å². The summed E-state index contributed by atoms with van der Waals surface area (Å²) in [6.07, 6.45) is 4.52. The number of carbonyl (C=O) groups is 2. The molecule has 0 aromatic heterocycles. The first-order valence-corrected chi connectivity index (χ1v) is 12.7. The Balaban J connectivity index is 1.54. The van der Waals surface area contributed by atoms with Crippen molar-refractivity contribution in [1.29, 1.82) is 0 Å². The Morgan fingerprint density at radius 3 is 2.09 bits per heavy atom. The van der Waals surface area contributed by atoms with Gasteiger partial charge in [-0.25, -0.2) is 0 Å². The maximum absolute atomic E-state index is 13.3. The minimum atomic E-state index is -0.345. The first-order valence-electron chi connectivity index (χ1n) is 12.4. The van der Waals surface area contributed by atoms with Crippen LogP contribution in [0.3, 0.4) is 0 Å². The SMILES string of the molecule is CCN1C2=C(C(=O)CCC2)C(c2ccc(OCc3ccc(Cl)cc3)c(OC)c2)C2=C1CCCC2=O. The topological polar surface area (TPSA) is 55.8 Å². The Morgan fingerprint density at radius 1 is 0.886 bits per heavy atom. The van der Waals surface area contributed by atoms with Crippen molar-refractivity contribution in [2.45, 2.75) is 58.0 Å². The normalized spacial score (nSPS) is 18.5. The second-order valence-corrected chi connectivity index (χ2v) is 9.71. The third-order valence-electron chi connectivity index (χ3n) is 7.23. The lowest BCUT2D eigenvalue weighted by molar-refractivity contribution is -0.117. The summed E-state index contributed by atoms with van der Waals surface area (Å²) < 4.78 is 11.7. The molecule has 1 aliphatic heterocycles. The van der Waals surface area contributed by atoms with E-state index in [-0.39, 0.29) is 17.5 Å². The number of allylic oxidation sites excluding steroid dienone is 4. The van der Waals surface area contributed by atoms with E-state index >= 15 is 0 Å². The van der Waals surface area contributed by atoms with Gasteiger partial charge in [-0.05, 0) is 68.0 Å². The van der Waals surface area contributed by atoms with E-state index in [0.29, 0.717) is 36.0 Å². The van der Waals surface area contributed by atoms with Crippen LogP contribution in [-0.2, 0) is 16.2 Å². The summed E-state index contributed by atoms with van der Waals surface area (Å²) in [5.74, 6) is 1.17. The molecule has 35 heavy (non-hydrogen) atoms. The highest BCUT2D eigenvalue weighted by molar-refractivity contribution is 6.30. The summed E-state index contributed by atoms with van der Waals surface area (Å²) in [6.45, 7) is 3.25. The van der Waals surface area contributed by atoms with Crippen LogP contribution in [0.15, 0.2) is 65.0 Å². The lowest BCUT2D eigenvalue weighted by Gasteiger charge is -2.43. The largest absolute Gasteiger partial charge is 0.493 e. The number of hydrogen-bond acceptors (Lipinski definition) is 5. The molecule has 1 heterocycles. The molecule has 182 valence electrons. The zero-order valence-corrected chi connectivity index (χ0v) is 21.0. The van der Waals surface area contributed by atoms with Crippen molar-refractivity contribution in [3.63, 3.8) is 0 Å². The average molecular weight is 492 g/mol. The average Bonchev–Trinajstić information content (AvgIpc) is 2.87. The lowest BCUT2D eigenvalue weighted by Crippen LogP contribution is -2.39. The summed E-state index contributed by atoms with van der Waals surface area (Å²) in [5, 5.41) is 0.682. The molecule has 6 heteroatoms. The van der Waals surface area contributed by atoms with E-state index in [9.17, 15) is 9.59 Å². The fourth-order valence-electron chi connectivity index (χ4n) is 5.66. The maximum Gasteiger partial charge on any atom is 0.161 e. The molecule has 0 amide bonds. The molecule has 2 aromatic carbocycles. The first-order chi connectivity index (χ1) is 17.0. The number of hydrogen-bond donors (Lipinski definition) is 0. The van der Waals surface area contributed by atoms with E-state index in [1.165, 1.54) is 0 Å². The summed E-state index contributed by atoms with van der Waals surface area (Å²) >= 11 is 5.98. The molecule has 3 aliphatic rings. The number of nitrogens with zero attached hydrogens (tertiary/aromatic N) is 1. The van der Waals surface area contributed by atoms with Crippen LogP contribution in [0, 0.1) is 0 Å². The molecule has 0 saturated heterocycles. The monoisotopic (exact) mass is 491 g/mol. The summed E-state index contributed by atoms with van der Waals surface area (Å²) in [4.78, 5) is 28.8. The molecule has 0 unspecified atom stereocenters. The van der Waals surface area contributed by atoms with Gasteiger partial charge in [-0.1, -0.05) is 29.8 Å². The summed E-state index contributed by atoms with van der Waals surface area (Å²) in [6, 6.07) is 13.3. The Labute approximate surface area is 211 Å². The molecule has 5 nitrogen and oxygen atoms in total. The highest BCUT2D eigenvalue weighted by Crippen LogP contribution is 2.49. The lowest BCUT2D eigenvalue weighted by atomic mass is 9.71. The minimum absolute atomic E-state index is 0.154. The van der Waals surface area contributed by atoms with Gasteiger partial charge in [0, 0.05) is 52.9 Å². The second-order valence-electron chi connectivity index (χ2n) is 9.28. The van der Waals surface area contributed by atoms with E-state index in [4.69, 9.17) is 21.1 Å². The van der Waals surface area contributed by atoms with E-state index in [0.717, 1.165) is 65.9 Å². The fourth-order valence-corrected chi connectivity index (χ4v) is 5.78. The van der Waals surface area contributed by atoms with Gasteiger partial charge in [0.15, 0.2) is 23.1 Å². The number of benzene rings is 2. The van der Waals surface area contributed by atoms with Gasteiger partial charge in [-0.3, -0.25) is 9.59 Å². The van der Waals surface area contributed by atoms with Crippen molar-refractivity contribution in [2.75, 3.05) is 13.7 Å². The minimum Gasteiger partial charge on any atom is -0.493 e. The van der Waals surface area contributed by atoms with Crippen LogP contribution < -0.4 is 9.47 Å². The summed E-state index contributed by atoms with van der Waals surface area (Å²) in [7, 11) is 1.61. The molecule has 0 fully saturated rings. The second kappa shape index (κ2) is 9.90. The van der Waals surface area contributed by atoms with Gasteiger partial charge < -0.3 is 14.4 Å². The van der Waals surface area contributed by atoms with Gasteiger partial charge >= 0.3 is 0 Å². The Hall–Kier alpha value is -3.05. The van der Waals surface area contributed by atoms with Crippen molar-refractivity contribution < 1.29 is 19.1 Å². The molecule has 0 spiro atoms. The van der Waals surface area contributed by atoms with Crippen molar-refractivity contribution in [1.82, 2.24) is 4.90 Å². The van der Waals surface area contributed by atoms with E-state index < -0.39 is 0 Å². The predicted molar refractivity (Wildman–Crippen MR) is 136 cm³/mol. The smallest absolute Gasteiger partial charge is 0.161 e. The quantitative estimate of drug-likeness (QED) is 0.470. The molecule has 0 bridgehead atoms. The number of Topliss-reactive ketones (excluding diaryl/α,β-unsaturated/α-hetero) is 2. The standard InChI is InChI=1S/C29H30ClNO4/c1-3-31-21-6-4-8-23(32)28(21)27(29-22(31)7-5-9-24(29)33)19-12-15-25(26(16-19)34-2)35-17-18-10-13-20(30)14-11-18/h10-16,27H,3-9,17H2,1-2H3. The van der Waals surface area contributed by atoms with Crippen LogP contribution in [-0.4, -0.2) is 30.1 Å². The van der Waals surface area contributed by atoms with Crippen molar-refractivity contribution in [2.24, 2.45) is 0 Å². The number of methoxy groups -OCH3 is 1. The van der Waals surface area contributed by atoms with Crippen LogP contribution >= 0.6 is 11.6 Å². The van der Waals surface area contributed by atoms with Gasteiger partial charge in [-0.2, -0.15) is 0 Å². The van der Waals surface area contributed by atoms with E-state index in [2.05, 4.69) is 11.8 Å².